The second-order valence-corrected chi connectivity index (χ2v) is 5.13. The number of ether oxygens (including phenoxy) is 1. The van der Waals surface area contributed by atoms with Crippen LogP contribution in [0.2, 0.25) is 5.02 Å². The maximum Gasteiger partial charge on any atom is 0.107 e. The third-order valence-corrected chi connectivity index (χ3v) is 3.79. The van der Waals surface area contributed by atoms with Crippen LogP contribution >= 0.6 is 11.6 Å². The molecule has 0 saturated carbocycles. The van der Waals surface area contributed by atoms with E-state index in [-0.39, 0.29) is 6.10 Å². The number of epoxide rings is 1. The van der Waals surface area contributed by atoms with E-state index in [4.69, 9.17) is 16.3 Å². The number of benzene rings is 3. The fraction of sp³-hybridized carbons (Fsp3) is 0.125. The van der Waals surface area contributed by atoms with Gasteiger partial charge in [-0.1, -0.05) is 48.0 Å². The highest BCUT2D eigenvalue weighted by molar-refractivity contribution is 6.31. The Bertz CT molecular complexity index is 759. The molecule has 2 heteroatoms. The lowest BCUT2D eigenvalue weighted by molar-refractivity contribution is 0.417. The number of hydrogen-bond acceptors (Lipinski definition) is 1. The van der Waals surface area contributed by atoms with E-state index < -0.39 is 0 Å². The van der Waals surface area contributed by atoms with Crippen LogP contribution in [0, 0.1) is 0 Å². The lowest BCUT2D eigenvalue weighted by Crippen LogP contribution is -1.85. The van der Waals surface area contributed by atoms with E-state index in [0.29, 0.717) is 0 Å². The largest absolute Gasteiger partial charge is 0.368 e. The minimum absolute atomic E-state index is 0.283. The van der Waals surface area contributed by atoms with Crippen LogP contribution in [0.25, 0.3) is 21.5 Å². The monoisotopic (exact) mass is 254 g/mol. The molecule has 0 radical (unpaired) electrons. The van der Waals surface area contributed by atoms with Crippen LogP contribution in [0.1, 0.15) is 11.7 Å². The van der Waals surface area contributed by atoms with Gasteiger partial charge in [0.25, 0.3) is 0 Å². The van der Waals surface area contributed by atoms with Crippen LogP contribution in [0.4, 0.5) is 0 Å². The molecule has 1 saturated heterocycles. The topological polar surface area (TPSA) is 12.5 Å². The Morgan fingerprint density at radius 3 is 2.61 bits per heavy atom. The van der Waals surface area contributed by atoms with Crippen molar-refractivity contribution in [2.45, 2.75) is 6.10 Å². The quantitative estimate of drug-likeness (QED) is 0.452. The number of hydrogen-bond donors (Lipinski definition) is 0. The molecule has 88 valence electrons. The SMILES string of the molecule is Clc1ccc2ccc3c([C@@H]4CO4)cccc3c2c1. The minimum Gasteiger partial charge on any atom is -0.368 e. The Kier molecular flexibility index (Phi) is 2.14. The standard InChI is InChI=1S/C16H11ClO/c17-11-6-4-10-5-7-13-12(15(10)8-11)2-1-3-14(13)16-9-18-16/h1-8,16H,9H2/t16-/m0/s1. The predicted molar refractivity (Wildman–Crippen MR) is 75.2 cm³/mol. The fourth-order valence-corrected chi connectivity index (χ4v) is 2.76. The summed E-state index contributed by atoms with van der Waals surface area (Å²) in [5.74, 6) is 0. The molecule has 3 aromatic carbocycles. The number of halogens is 1. The second kappa shape index (κ2) is 3.71. The molecule has 0 aliphatic carbocycles. The van der Waals surface area contributed by atoms with Crippen LogP contribution in [-0.2, 0) is 4.74 Å². The predicted octanol–water partition coefficient (Wildman–Crippen LogP) is 4.72. The van der Waals surface area contributed by atoms with Crippen LogP contribution in [0.3, 0.4) is 0 Å². The van der Waals surface area contributed by atoms with E-state index in [1.54, 1.807) is 0 Å². The van der Waals surface area contributed by atoms with Gasteiger partial charge in [0.1, 0.15) is 6.10 Å². The highest BCUT2D eigenvalue weighted by Crippen LogP contribution is 2.37. The van der Waals surface area contributed by atoms with Gasteiger partial charge in [0.15, 0.2) is 0 Å². The van der Waals surface area contributed by atoms with Gasteiger partial charge in [-0.2, -0.15) is 0 Å². The van der Waals surface area contributed by atoms with Crippen LogP contribution in [0.5, 0.6) is 0 Å². The summed E-state index contributed by atoms with van der Waals surface area (Å²) in [5, 5.41) is 5.74. The third kappa shape index (κ3) is 1.52. The Hall–Kier alpha value is -1.57. The molecule has 0 bridgehead atoms. The van der Waals surface area contributed by atoms with Crippen LogP contribution in [0.15, 0.2) is 48.5 Å². The summed E-state index contributed by atoms with van der Waals surface area (Å²) in [6.07, 6.45) is 0.283. The van der Waals surface area contributed by atoms with Gasteiger partial charge in [0, 0.05) is 5.02 Å². The van der Waals surface area contributed by atoms with Crippen LogP contribution in [-0.4, -0.2) is 6.61 Å². The molecular weight excluding hydrogens is 244 g/mol. The van der Waals surface area contributed by atoms with E-state index in [1.165, 1.54) is 27.1 Å². The average Bonchev–Trinajstić information content (AvgIpc) is 3.22. The van der Waals surface area contributed by atoms with Gasteiger partial charge in [-0.3, -0.25) is 0 Å². The van der Waals surface area contributed by atoms with Crippen molar-refractivity contribution >= 4 is 33.1 Å². The van der Waals surface area contributed by atoms with E-state index in [9.17, 15) is 0 Å². The van der Waals surface area contributed by atoms with Gasteiger partial charge in [-0.15, -0.1) is 0 Å². The zero-order valence-corrected chi connectivity index (χ0v) is 10.4. The van der Waals surface area contributed by atoms with Crippen molar-refractivity contribution in [2.24, 2.45) is 0 Å². The summed E-state index contributed by atoms with van der Waals surface area (Å²) in [5.41, 5.74) is 1.29. The maximum absolute atomic E-state index is 6.11. The molecule has 0 unspecified atom stereocenters. The van der Waals surface area contributed by atoms with E-state index >= 15 is 0 Å². The third-order valence-electron chi connectivity index (χ3n) is 3.56. The Morgan fingerprint density at radius 1 is 0.944 bits per heavy atom. The molecule has 0 amide bonds. The summed E-state index contributed by atoms with van der Waals surface area (Å²) in [7, 11) is 0. The molecule has 1 aliphatic heterocycles. The Labute approximate surface area is 110 Å². The lowest BCUT2D eigenvalue weighted by atomic mass is 9.97. The molecule has 0 spiro atoms. The van der Waals surface area contributed by atoms with Crippen molar-refractivity contribution in [1.82, 2.24) is 0 Å². The summed E-state index contributed by atoms with van der Waals surface area (Å²) in [6.45, 7) is 0.840. The molecule has 0 aromatic heterocycles. The van der Waals surface area contributed by atoms with E-state index in [2.05, 4.69) is 36.4 Å². The molecule has 4 rings (SSSR count). The molecule has 3 aromatic rings. The van der Waals surface area contributed by atoms with Crippen molar-refractivity contribution in [3.8, 4) is 0 Å². The van der Waals surface area contributed by atoms with Gasteiger partial charge < -0.3 is 4.74 Å². The molecule has 1 aliphatic rings. The lowest BCUT2D eigenvalue weighted by Gasteiger charge is -2.07. The minimum atomic E-state index is 0.283. The van der Waals surface area contributed by atoms with Gasteiger partial charge in [-0.25, -0.2) is 0 Å². The van der Waals surface area contributed by atoms with Crippen molar-refractivity contribution in [1.29, 1.82) is 0 Å². The van der Waals surface area contributed by atoms with Crippen molar-refractivity contribution in [2.75, 3.05) is 6.61 Å². The smallest absolute Gasteiger partial charge is 0.107 e. The maximum atomic E-state index is 6.11. The van der Waals surface area contributed by atoms with Gasteiger partial charge in [0.05, 0.1) is 6.61 Å². The second-order valence-electron chi connectivity index (χ2n) is 4.70. The molecule has 1 nitrogen and oxygen atoms in total. The van der Waals surface area contributed by atoms with E-state index in [1.807, 2.05) is 12.1 Å². The normalized spacial score (nSPS) is 18.4. The molecule has 1 heterocycles. The zero-order valence-electron chi connectivity index (χ0n) is 9.69. The van der Waals surface area contributed by atoms with Gasteiger partial charge in [-0.05, 0) is 39.2 Å². The fourth-order valence-electron chi connectivity index (χ4n) is 2.59. The number of fused-ring (bicyclic) bond motifs is 3. The first-order chi connectivity index (χ1) is 8.83. The first kappa shape index (κ1) is 10.4. The van der Waals surface area contributed by atoms with Gasteiger partial charge >= 0.3 is 0 Å². The van der Waals surface area contributed by atoms with Crippen LogP contribution < -0.4 is 0 Å². The summed E-state index contributed by atoms with van der Waals surface area (Å²) in [4.78, 5) is 0. The molecule has 1 atom stereocenters. The Balaban J connectivity index is 2.15. The average molecular weight is 255 g/mol. The molecule has 0 N–H and O–H groups in total. The van der Waals surface area contributed by atoms with Crippen molar-refractivity contribution in [3.63, 3.8) is 0 Å². The first-order valence-electron chi connectivity index (χ1n) is 6.05. The van der Waals surface area contributed by atoms with Crippen molar-refractivity contribution in [3.05, 3.63) is 59.1 Å². The summed E-state index contributed by atoms with van der Waals surface area (Å²) < 4.78 is 5.41. The zero-order chi connectivity index (χ0) is 12.1. The highest BCUT2D eigenvalue weighted by Gasteiger charge is 2.26. The summed E-state index contributed by atoms with van der Waals surface area (Å²) >= 11 is 6.11. The molecule has 18 heavy (non-hydrogen) atoms. The van der Waals surface area contributed by atoms with Gasteiger partial charge in [0.2, 0.25) is 0 Å². The van der Waals surface area contributed by atoms with Crippen molar-refractivity contribution < 1.29 is 4.74 Å². The van der Waals surface area contributed by atoms with E-state index in [0.717, 1.165) is 11.6 Å². The Morgan fingerprint density at radius 2 is 1.78 bits per heavy atom. The summed E-state index contributed by atoms with van der Waals surface area (Å²) in [6, 6.07) is 16.8. The number of rotatable bonds is 1. The highest BCUT2D eigenvalue weighted by atomic mass is 35.5. The molecule has 1 fully saturated rings. The molecular formula is C16H11ClO. The first-order valence-corrected chi connectivity index (χ1v) is 6.43.